The molecule has 0 saturated carbocycles. The summed E-state index contributed by atoms with van der Waals surface area (Å²) in [7, 11) is -1.56. The van der Waals surface area contributed by atoms with Gasteiger partial charge in [0.15, 0.2) is 0 Å². The molecule has 1 heterocycles. The predicted octanol–water partition coefficient (Wildman–Crippen LogP) is -0.974. The van der Waals surface area contributed by atoms with Crippen LogP contribution in [0.5, 0.6) is 0 Å². The molecule has 0 radical (unpaired) electrons. The average molecular weight is 249 g/mol. The lowest BCUT2D eigenvalue weighted by atomic mass is 9.79. The topological polar surface area (TPSA) is 81.0 Å². The van der Waals surface area contributed by atoms with E-state index in [0.717, 1.165) is 5.56 Å². The fourth-order valence-electron chi connectivity index (χ4n) is 2.10. The smallest absolute Gasteiger partial charge is 0.423 e. The van der Waals surface area contributed by atoms with Crippen LogP contribution in [0.3, 0.4) is 0 Å². The summed E-state index contributed by atoms with van der Waals surface area (Å²) in [6.45, 7) is 3.39. The second-order valence-corrected chi connectivity index (χ2v) is 5.03. The van der Waals surface area contributed by atoms with Gasteiger partial charge in [0.25, 0.3) is 5.91 Å². The summed E-state index contributed by atoms with van der Waals surface area (Å²) in [5.74, 6) is -0.383. The number of carbonyl (C=O) groups excluding carboxylic acids is 1. The van der Waals surface area contributed by atoms with Crippen molar-refractivity contribution in [2.24, 2.45) is 0 Å². The molecule has 2 rings (SSSR count). The van der Waals surface area contributed by atoms with Crippen molar-refractivity contribution in [2.75, 3.05) is 11.4 Å². The molecule has 3 N–H and O–H groups in total. The van der Waals surface area contributed by atoms with Crippen molar-refractivity contribution in [1.82, 2.24) is 0 Å². The molecule has 0 spiro atoms. The van der Waals surface area contributed by atoms with E-state index >= 15 is 0 Å². The zero-order valence-corrected chi connectivity index (χ0v) is 10.4. The third kappa shape index (κ3) is 2.27. The monoisotopic (exact) mass is 249 g/mol. The Balaban J connectivity index is 2.37. The fraction of sp³-hybridized carbons (Fsp3) is 0.417. The van der Waals surface area contributed by atoms with Gasteiger partial charge in [-0.3, -0.25) is 4.79 Å². The molecule has 5 nitrogen and oxygen atoms in total. The van der Waals surface area contributed by atoms with E-state index in [9.17, 15) is 9.90 Å². The highest BCUT2D eigenvalue weighted by atomic mass is 16.4. The minimum absolute atomic E-state index is 0.337. The summed E-state index contributed by atoms with van der Waals surface area (Å²) in [5, 5.41) is 28.0. The molecule has 0 aliphatic carbocycles. The molecular weight excluding hydrogens is 233 g/mol. The minimum atomic E-state index is -1.56. The van der Waals surface area contributed by atoms with Gasteiger partial charge in [0.1, 0.15) is 5.60 Å². The molecule has 0 fully saturated rings. The predicted molar refractivity (Wildman–Crippen MR) is 68.6 cm³/mol. The van der Waals surface area contributed by atoms with E-state index in [-0.39, 0.29) is 5.91 Å². The number of rotatable bonds is 2. The maximum Gasteiger partial charge on any atom is 0.488 e. The molecule has 1 aliphatic rings. The van der Waals surface area contributed by atoms with E-state index in [2.05, 4.69) is 0 Å². The van der Waals surface area contributed by atoms with Gasteiger partial charge in [-0.25, -0.2) is 0 Å². The van der Waals surface area contributed by atoms with Crippen molar-refractivity contribution in [3.8, 4) is 0 Å². The van der Waals surface area contributed by atoms with Gasteiger partial charge in [-0.15, -0.1) is 0 Å². The fourth-order valence-corrected chi connectivity index (χ4v) is 2.10. The molecule has 0 aromatic heterocycles. The summed E-state index contributed by atoms with van der Waals surface area (Å²) in [6.07, 6.45) is 0.707. The first-order chi connectivity index (χ1) is 8.30. The first-order valence-electron chi connectivity index (χ1n) is 5.84. The maximum absolute atomic E-state index is 12.1. The lowest BCUT2D eigenvalue weighted by Crippen LogP contribution is -2.44. The van der Waals surface area contributed by atoms with Gasteiger partial charge in [-0.05, 0) is 37.4 Å². The lowest BCUT2D eigenvalue weighted by Gasteiger charge is -2.25. The van der Waals surface area contributed by atoms with Crippen molar-refractivity contribution in [3.63, 3.8) is 0 Å². The number of hydrogen-bond donors (Lipinski definition) is 3. The Morgan fingerprint density at radius 1 is 1.39 bits per heavy atom. The van der Waals surface area contributed by atoms with Crippen LogP contribution in [0.4, 0.5) is 5.69 Å². The van der Waals surface area contributed by atoms with Gasteiger partial charge >= 0.3 is 7.12 Å². The molecule has 0 atom stereocenters. The molecule has 0 bridgehead atoms. The third-order valence-electron chi connectivity index (χ3n) is 3.07. The first kappa shape index (κ1) is 13.1. The molecule has 6 heteroatoms. The average Bonchev–Trinajstić information content (AvgIpc) is 2.68. The van der Waals surface area contributed by atoms with Gasteiger partial charge in [0, 0.05) is 12.2 Å². The van der Waals surface area contributed by atoms with E-state index in [1.165, 1.54) is 18.7 Å². The van der Waals surface area contributed by atoms with E-state index in [1.807, 2.05) is 0 Å². The Morgan fingerprint density at radius 2 is 2.06 bits per heavy atom. The van der Waals surface area contributed by atoms with Gasteiger partial charge in [0.2, 0.25) is 0 Å². The van der Waals surface area contributed by atoms with Crippen LogP contribution in [0.25, 0.3) is 0 Å². The summed E-state index contributed by atoms with van der Waals surface area (Å²) in [6, 6.07) is 4.99. The highest BCUT2D eigenvalue weighted by Crippen LogP contribution is 2.28. The number of amides is 1. The quantitative estimate of drug-likeness (QED) is 0.589. The van der Waals surface area contributed by atoms with Gasteiger partial charge in [-0.2, -0.15) is 0 Å². The van der Waals surface area contributed by atoms with Crippen molar-refractivity contribution < 1.29 is 19.9 Å². The lowest BCUT2D eigenvalue weighted by molar-refractivity contribution is -0.133. The standard InChI is InChI=1S/C12H16BNO4/c1-12(2,16)11(15)14-6-5-8-3-4-9(13(17)18)7-10(8)14/h3-4,7,16-18H,5-6H2,1-2H3. The number of anilines is 1. The van der Waals surface area contributed by atoms with E-state index in [1.54, 1.807) is 18.2 Å². The van der Waals surface area contributed by atoms with E-state index in [4.69, 9.17) is 10.0 Å². The van der Waals surface area contributed by atoms with Gasteiger partial charge < -0.3 is 20.1 Å². The maximum atomic E-state index is 12.1. The molecule has 1 aliphatic heterocycles. The molecule has 96 valence electrons. The summed E-state index contributed by atoms with van der Waals surface area (Å²) in [4.78, 5) is 13.5. The minimum Gasteiger partial charge on any atom is -0.423 e. The van der Waals surface area contributed by atoms with E-state index < -0.39 is 12.7 Å². The molecular formula is C12H16BNO4. The van der Waals surface area contributed by atoms with Crippen LogP contribution in [-0.2, 0) is 11.2 Å². The SMILES string of the molecule is CC(C)(O)C(=O)N1CCc2ccc(B(O)O)cc21. The number of carbonyl (C=O) groups is 1. The van der Waals surface area contributed by atoms with Crippen LogP contribution in [0, 0.1) is 0 Å². The number of aliphatic hydroxyl groups is 1. The highest BCUT2D eigenvalue weighted by Gasteiger charge is 2.34. The molecule has 1 aromatic rings. The first-order valence-corrected chi connectivity index (χ1v) is 5.84. The zero-order chi connectivity index (χ0) is 13.5. The van der Waals surface area contributed by atoms with Crippen molar-refractivity contribution in [2.45, 2.75) is 25.9 Å². The highest BCUT2D eigenvalue weighted by molar-refractivity contribution is 6.58. The normalized spacial score (nSPS) is 14.6. The van der Waals surface area contributed by atoms with Gasteiger partial charge in [-0.1, -0.05) is 12.1 Å². The van der Waals surface area contributed by atoms with Crippen LogP contribution < -0.4 is 10.4 Å². The molecule has 18 heavy (non-hydrogen) atoms. The van der Waals surface area contributed by atoms with E-state index in [0.29, 0.717) is 24.1 Å². The summed E-state index contributed by atoms with van der Waals surface area (Å²) in [5.41, 5.74) is 0.518. The summed E-state index contributed by atoms with van der Waals surface area (Å²) >= 11 is 0. The largest absolute Gasteiger partial charge is 0.488 e. The number of nitrogens with zero attached hydrogens (tertiary/aromatic N) is 1. The second kappa shape index (κ2) is 4.38. The molecule has 0 saturated heterocycles. The number of hydrogen-bond acceptors (Lipinski definition) is 4. The van der Waals surface area contributed by atoms with Crippen LogP contribution in [-0.4, -0.2) is 40.3 Å². The van der Waals surface area contributed by atoms with Gasteiger partial charge in [0.05, 0.1) is 0 Å². The van der Waals surface area contributed by atoms with Crippen LogP contribution >= 0.6 is 0 Å². The Kier molecular flexibility index (Phi) is 3.19. The van der Waals surface area contributed by atoms with Crippen molar-refractivity contribution in [3.05, 3.63) is 23.8 Å². The third-order valence-corrected chi connectivity index (χ3v) is 3.07. The Bertz CT molecular complexity index is 481. The molecule has 1 amide bonds. The zero-order valence-electron chi connectivity index (χ0n) is 10.4. The second-order valence-electron chi connectivity index (χ2n) is 5.03. The Morgan fingerprint density at radius 3 is 2.61 bits per heavy atom. The molecule has 0 unspecified atom stereocenters. The van der Waals surface area contributed by atoms with Crippen LogP contribution in [0.2, 0.25) is 0 Å². The number of fused-ring (bicyclic) bond motifs is 1. The van der Waals surface area contributed by atoms with Crippen molar-refractivity contribution in [1.29, 1.82) is 0 Å². The van der Waals surface area contributed by atoms with Crippen molar-refractivity contribution >= 4 is 24.2 Å². The number of benzene rings is 1. The molecule has 1 aromatic carbocycles. The van der Waals surface area contributed by atoms with Crippen LogP contribution in [0.15, 0.2) is 18.2 Å². The summed E-state index contributed by atoms with van der Waals surface area (Å²) < 4.78 is 0. The van der Waals surface area contributed by atoms with Crippen LogP contribution in [0.1, 0.15) is 19.4 Å². The Labute approximate surface area is 106 Å². The Hall–Kier alpha value is -1.37.